The highest BCUT2D eigenvalue weighted by molar-refractivity contribution is 5.67. The van der Waals surface area contributed by atoms with Crippen LogP contribution in [0.1, 0.15) is 65.7 Å². The Balaban J connectivity index is 1.52. The molecule has 0 aromatic heterocycles. The van der Waals surface area contributed by atoms with E-state index in [9.17, 15) is 4.79 Å². The minimum atomic E-state index is -0.363. The van der Waals surface area contributed by atoms with Crippen molar-refractivity contribution >= 4 is 6.09 Å². The molecule has 2 heterocycles. The zero-order valence-corrected chi connectivity index (χ0v) is 19.9. The minimum absolute atomic E-state index is 0.0490. The second kappa shape index (κ2) is 10.6. The van der Waals surface area contributed by atoms with Crippen molar-refractivity contribution in [2.45, 2.75) is 95.2 Å². The molecule has 3 aliphatic rings. The van der Waals surface area contributed by atoms with Gasteiger partial charge < -0.3 is 29.0 Å². The van der Waals surface area contributed by atoms with Crippen LogP contribution in [0.25, 0.3) is 0 Å². The summed E-state index contributed by atoms with van der Waals surface area (Å²) in [7, 11) is 3.42. The van der Waals surface area contributed by atoms with E-state index < -0.39 is 0 Å². The Morgan fingerprint density at radius 3 is 2.58 bits per heavy atom. The van der Waals surface area contributed by atoms with Crippen molar-refractivity contribution in [1.29, 1.82) is 0 Å². The molecule has 0 aromatic rings. The molecule has 1 N–H and O–H groups in total. The molecule has 7 nitrogen and oxygen atoms in total. The van der Waals surface area contributed by atoms with Crippen LogP contribution < -0.4 is 5.32 Å². The Bertz CT molecular complexity index is 630. The van der Waals surface area contributed by atoms with Gasteiger partial charge in [0.25, 0.3) is 0 Å². The summed E-state index contributed by atoms with van der Waals surface area (Å²) in [6.07, 6.45) is 8.14. The van der Waals surface area contributed by atoms with Gasteiger partial charge in [-0.2, -0.15) is 0 Å². The van der Waals surface area contributed by atoms with E-state index >= 15 is 0 Å². The number of allylic oxidation sites excluding steroid dienone is 1. The summed E-state index contributed by atoms with van der Waals surface area (Å²) < 4.78 is 29.0. The number of methoxy groups -OCH3 is 2. The smallest absolute Gasteiger partial charge is 0.407 e. The molecule has 3 unspecified atom stereocenters. The summed E-state index contributed by atoms with van der Waals surface area (Å²) in [6.45, 7) is 8.51. The van der Waals surface area contributed by atoms with Gasteiger partial charge in [0.05, 0.1) is 18.6 Å². The molecule has 1 amide bonds. The second-order valence-electron chi connectivity index (χ2n) is 9.66. The van der Waals surface area contributed by atoms with Gasteiger partial charge in [-0.05, 0) is 52.9 Å². The van der Waals surface area contributed by atoms with Gasteiger partial charge >= 0.3 is 6.09 Å². The Labute approximate surface area is 187 Å². The predicted octanol–water partition coefficient (Wildman–Crippen LogP) is 4.00. The number of unbranched alkanes of at least 4 members (excludes halogenated alkanes) is 3. The number of amides is 1. The lowest BCUT2D eigenvalue weighted by Crippen LogP contribution is -2.56. The predicted molar refractivity (Wildman–Crippen MR) is 118 cm³/mol. The normalized spacial score (nSPS) is 36.2. The number of carbonyl (C=O) groups is 1. The van der Waals surface area contributed by atoms with E-state index in [1.54, 1.807) is 14.2 Å². The van der Waals surface area contributed by atoms with Crippen molar-refractivity contribution < 1.29 is 28.5 Å². The number of alkyl carbamates (subject to hydrolysis) is 1. The molecule has 2 aliphatic heterocycles. The molecular weight excluding hydrogens is 398 g/mol. The average Bonchev–Trinajstić information content (AvgIpc) is 3.64. The fraction of sp³-hybridized carbons (Fsp3) is 0.875. The zero-order chi connectivity index (χ0) is 22.5. The van der Waals surface area contributed by atoms with Crippen LogP contribution in [0.4, 0.5) is 4.79 Å². The van der Waals surface area contributed by atoms with Crippen LogP contribution in [-0.2, 0) is 23.7 Å². The number of hydrogen-bond acceptors (Lipinski definition) is 6. The van der Waals surface area contributed by atoms with Crippen molar-refractivity contribution in [3.05, 3.63) is 11.6 Å². The lowest BCUT2D eigenvalue weighted by molar-refractivity contribution is -0.118. The highest BCUT2D eigenvalue weighted by Crippen LogP contribution is 2.59. The third-order valence-electron chi connectivity index (χ3n) is 7.04. The van der Waals surface area contributed by atoms with Gasteiger partial charge in [0, 0.05) is 27.4 Å². The molecule has 3 fully saturated rings. The van der Waals surface area contributed by atoms with E-state index in [2.05, 4.69) is 32.2 Å². The highest BCUT2D eigenvalue weighted by atomic mass is 16.6. The van der Waals surface area contributed by atoms with Gasteiger partial charge in [-0.3, -0.25) is 0 Å². The van der Waals surface area contributed by atoms with Gasteiger partial charge in [0.2, 0.25) is 0 Å². The molecule has 2 saturated heterocycles. The van der Waals surface area contributed by atoms with Crippen LogP contribution in [0.3, 0.4) is 0 Å². The van der Waals surface area contributed by atoms with Gasteiger partial charge in [-0.25, -0.2) is 4.79 Å². The molecule has 1 spiro atoms. The van der Waals surface area contributed by atoms with Gasteiger partial charge in [-0.1, -0.05) is 24.5 Å². The van der Waals surface area contributed by atoms with Crippen LogP contribution in [0.2, 0.25) is 0 Å². The van der Waals surface area contributed by atoms with Crippen molar-refractivity contribution in [2.24, 2.45) is 5.92 Å². The second-order valence-corrected chi connectivity index (χ2v) is 9.66. The van der Waals surface area contributed by atoms with Crippen LogP contribution in [0.5, 0.6) is 0 Å². The van der Waals surface area contributed by atoms with Crippen molar-refractivity contribution in [3.63, 3.8) is 0 Å². The number of epoxide rings is 2. The summed E-state index contributed by atoms with van der Waals surface area (Å²) in [5, 5.41) is 2.89. The molecule has 1 aliphatic carbocycles. The number of rotatable bonds is 12. The summed E-state index contributed by atoms with van der Waals surface area (Å²) in [4.78, 5) is 12.4. The summed E-state index contributed by atoms with van der Waals surface area (Å²) >= 11 is 0. The quantitative estimate of drug-likeness (QED) is 0.281. The molecule has 3 rings (SSSR count). The van der Waals surface area contributed by atoms with E-state index in [-0.39, 0.29) is 41.5 Å². The molecule has 7 heteroatoms. The fourth-order valence-electron chi connectivity index (χ4n) is 5.16. The minimum Gasteiger partial charge on any atom is -0.443 e. The number of hydrogen-bond donors (Lipinski definition) is 1. The third-order valence-corrected chi connectivity index (χ3v) is 7.04. The Kier molecular flexibility index (Phi) is 8.41. The van der Waals surface area contributed by atoms with E-state index in [4.69, 9.17) is 23.7 Å². The van der Waals surface area contributed by atoms with Gasteiger partial charge in [0.1, 0.15) is 23.4 Å². The first-order valence-electron chi connectivity index (χ1n) is 11.8. The lowest BCUT2D eigenvalue weighted by Gasteiger charge is -2.42. The van der Waals surface area contributed by atoms with Crippen molar-refractivity contribution in [3.8, 4) is 0 Å². The summed E-state index contributed by atoms with van der Waals surface area (Å²) in [5.41, 5.74) is 0.774. The van der Waals surface area contributed by atoms with Crippen LogP contribution in [0.15, 0.2) is 11.6 Å². The third kappa shape index (κ3) is 6.01. The van der Waals surface area contributed by atoms with Gasteiger partial charge in [-0.15, -0.1) is 0 Å². The van der Waals surface area contributed by atoms with Crippen LogP contribution in [0, 0.1) is 5.92 Å². The maximum absolute atomic E-state index is 12.4. The molecule has 1 saturated carbocycles. The summed E-state index contributed by atoms with van der Waals surface area (Å²) in [5.74, 6) is 0.0490. The SMILES string of the molecule is COCCCCCCNC(=O)OC1CC[C@]2(CO2)C([C@]2(C)O[C@@H]2CC=C(C)C)C1OC. The Hall–Kier alpha value is -1.15. The summed E-state index contributed by atoms with van der Waals surface area (Å²) in [6, 6.07) is 0. The molecule has 178 valence electrons. The zero-order valence-electron chi connectivity index (χ0n) is 19.9. The van der Waals surface area contributed by atoms with E-state index in [1.165, 1.54) is 5.57 Å². The average molecular weight is 440 g/mol. The molecule has 0 radical (unpaired) electrons. The van der Waals surface area contributed by atoms with E-state index in [0.29, 0.717) is 6.54 Å². The topological polar surface area (TPSA) is 81.9 Å². The van der Waals surface area contributed by atoms with E-state index in [0.717, 1.165) is 58.2 Å². The van der Waals surface area contributed by atoms with Gasteiger partial charge in [0.15, 0.2) is 0 Å². The molecule has 0 bridgehead atoms. The first-order valence-corrected chi connectivity index (χ1v) is 11.8. The molecule has 0 aromatic carbocycles. The first kappa shape index (κ1) is 24.5. The largest absolute Gasteiger partial charge is 0.443 e. The molecule has 31 heavy (non-hydrogen) atoms. The van der Waals surface area contributed by atoms with Crippen molar-refractivity contribution in [2.75, 3.05) is 34.0 Å². The van der Waals surface area contributed by atoms with Crippen LogP contribution >= 0.6 is 0 Å². The number of nitrogens with one attached hydrogen (secondary N) is 1. The Morgan fingerprint density at radius 1 is 1.19 bits per heavy atom. The van der Waals surface area contributed by atoms with E-state index in [1.807, 2.05) is 0 Å². The van der Waals surface area contributed by atoms with Crippen LogP contribution in [-0.4, -0.2) is 69.6 Å². The van der Waals surface area contributed by atoms with Crippen molar-refractivity contribution in [1.82, 2.24) is 5.32 Å². The highest BCUT2D eigenvalue weighted by Gasteiger charge is 2.72. The maximum Gasteiger partial charge on any atom is 0.407 e. The first-order chi connectivity index (χ1) is 14.9. The molecular formula is C24H41NO6. The fourth-order valence-corrected chi connectivity index (χ4v) is 5.16. The number of ether oxygens (including phenoxy) is 5. The lowest BCUT2D eigenvalue weighted by atomic mass is 9.68. The standard InChI is InChI=1S/C24H41NO6/c1-17(2)10-11-19-23(3,31-19)21-20(28-5)18(12-13-24(21)16-29-24)30-22(26)25-14-8-6-7-9-15-27-4/h10,18-21H,6-9,11-16H2,1-5H3,(H,25,26)/t18?,19-,20?,21?,23-,24+/m1/s1. The molecule has 6 atom stereocenters. The monoisotopic (exact) mass is 439 g/mol. The number of carbonyl (C=O) groups excluding carboxylic acids is 1. The maximum atomic E-state index is 12.4. The Morgan fingerprint density at radius 2 is 1.94 bits per heavy atom.